The number of aromatic nitrogens is 4. The van der Waals surface area contributed by atoms with Gasteiger partial charge >= 0.3 is 0 Å². The van der Waals surface area contributed by atoms with E-state index >= 15 is 0 Å². The second kappa shape index (κ2) is 8.23. The van der Waals surface area contributed by atoms with E-state index in [0.29, 0.717) is 26.2 Å². The van der Waals surface area contributed by atoms with E-state index in [1.165, 1.54) is 5.56 Å². The summed E-state index contributed by atoms with van der Waals surface area (Å²) in [7, 11) is 0. The van der Waals surface area contributed by atoms with Gasteiger partial charge in [-0.05, 0) is 18.1 Å². The third-order valence-corrected chi connectivity index (χ3v) is 5.69. The summed E-state index contributed by atoms with van der Waals surface area (Å²) in [4.78, 5) is 17.0. The molecule has 8 heteroatoms. The molecular formula is C23H24N6O2. The molecule has 8 nitrogen and oxygen atoms in total. The maximum absolute atomic E-state index is 11.7. The maximum atomic E-state index is 11.7. The molecule has 0 saturated carbocycles. The van der Waals surface area contributed by atoms with Gasteiger partial charge in [0.25, 0.3) is 0 Å². The predicted molar refractivity (Wildman–Crippen MR) is 119 cm³/mol. The van der Waals surface area contributed by atoms with Gasteiger partial charge in [0.15, 0.2) is 11.9 Å². The number of carbonyl (C=O) groups excluding carboxylic acids is 1. The molecule has 2 aromatic heterocycles. The van der Waals surface area contributed by atoms with Crippen LogP contribution in [0.1, 0.15) is 5.56 Å². The van der Waals surface area contributed by atoms with Crippen molar-refractivity contribution in [2.24, 2.45) is 5.73 Å². The highest BCUT2D eigenvalue weighted by Gasteiger charge is 2.29. The quantitative estimate of drug-likeness (QED) is 0.502. The van der Waals surface area contributed by atoms with Crippen LogP contribution in [0.2, 0.25) is 0 Å². The van der Waals surface area contributed by atoms with Crippen molar-refractivity contribution >= 4 is 22.8 Å². The molecule has 31 heavy (non-hydrogen) atoms. The second-order valence-electron chi connectivity index (χ2n) is 7.67. The summed E-state index contributed by atoms with van der Waals surface area (Å²) >= 11 is 0. The van der Waals surface area contributed by atoms with Crippen LogP contribution < -0.4 is 10.6 Å². The molecule has 5 rings (SSSR count). The monoisotopic (exact) mass is 416 g/mol. The fourth-order valence-corrected chi connectivity index (χ4v) is 4.08. The van der Waals surface area contributed by atoms with Crippen LogP contribution in [0, 0.1) is 0 Å². The molecule has 0 spiro atoms. The van der Waals surface area contributed by atoms with E-state index in [4.69, 9.17) is 10.5 Å². The predicted octanol–water partition coefficient (Wildman–Crippen LogP) is 2.36. The number of nitrogens with zero attached hydrogens (tertiary/aromatic N) is 4. The van der Waals surface area contributed by atoms with Crippen LogP contribution in [0.25, 0.3) is 22.3 Å². The summed E-state index contributed by atoms with van der Waals surface area (Å²) in [5.74, 6) is 1.06. The zero-order chi connectivity index (χ0) is 21.2. The fourth-order valence-electron chi connectivity index (χ4n) is 4.08. The summed E-state index contributed by atoms with van der Waals surface area (Å²) in [6, 6.07) is 18.5. The highest BCUT2D eigenvalue weighted by atomic mass is 16.5. The van der Waals surface area contributed by atoms with Crippen molar-refractivity contribution in [3.8, 4) is 11.4 Å². The number of hydrogen-bond acceptors (Lipinski definition) is 5. The number of aryl methyl sites for hydroxylation is 1. The SMILES string of the molecule is NC(=O)C1CN(c2nnc(-c3c[nH]c4ccccc34)n2CCc2ccccc2)CCO1. The van der Waals surface area contributed by atoms with Gasteiger partial charge in [-0.15, -0.1) is 10.2 Å². The van der Waals surface area contributed by atoms with Crippen LogP contribution in [0.4, 0.5) is 5.95 Å². The zero-order valence-electron chi connectivity index (χ0n) is 17.1. The van der Waals surface area contributed by atoms with Gasteiger partial charge in [0.2, 0.25) is 11.9 Å². The van der Waals surface area contributed by atoms with E-state index in [2.05, 4.69) is 37.9 Å². The fraction of sp³-hybridized carbons (Fsp3) is 0.261. The molecule has 0 bridgehead atoms. The first-order chi connectivity index (χ1) is 15.2. The normalized spacial score (nSPS) is 16.6. The van der Waals surface area contributed by atoms with Crippen molar-refractivity contribution in [2.75, 3.05) is 24.6 Å². The van der Waals surface area contributed by atoms with Crippen molar-refractivity contribution in [1.82, 2.24) is 19.7 Å². The molecule has 1 aliphatic heterocycles. The number of fused-ring (bicyclic) bond motifs is 1. The average molecular weight is 416 g/mol. The largest absolute Gasteiger partial charge is 0.367 e. The number of aromatic amines is 1. The lowest BCUT2D eigenvalue weighted by Gasteiger charge is -2.32. The number of amides is 1. The number of para-hydroxylation sites is 1. The molecule has 158 valence electrons. The molecule has 1 fully saturated rings. The summed E-state index contributed by atoms with van der Waals surface area (Å²) < 4.78 is 7.65. The Morgan fingerprint density at radius 3 is 2.77 bits per heavy atom. The third-order valence-electron chi connectivity index (χ3n) is 5.69. The zero-order valence-corrected chi connectivity index (χ0v) is 17.1. The second-order valence-corrected chi connectivity index (χ2v) is 7.67. The molecule has 1 saturated heterocycles. The van der Waals surface area contributed by atoms with Crippen LogP contribution in [-0.2, 0) is 22.5 Å². The number of ether oxygens (including phenoxy) is 1. The Balaban J connectivity index is 1.54. The Morgan fingerprint density at radius 2 is 1.94 bits per heavy atom. The lowest BCUT2D eigenvalue weighted by Crippen LogP contribution is -2.49. The molecule has 1 amide bonds. The molecule has 1 atom stereocenters. The Kier molecular flexibility index (Phi) is 5.13. The number of H-pyrrole nitrogens is 1. The molecular weight excluding hydrogens is 392 g/mol. The minimum atomic E-state index is -0.649. The topological polar surface area (TPSA) is 102 Å². The Morgan fingerprint density at radius 1 is 1.13 bits per heavy atom. The number of benzene rings is 2. The number of morpholine rings is 1. The first kappa shape index (κ1) is 19.3. The van der Waals surface area contributed by atoms with E-state index in [-0.39, 0.29) is 0 Å². The molecule has 1 aliphatic rings. The number of primary amides is 1. The van der Waals surface area contributed by atoms with Gasteiger partial charge in [-0.3, -0.25) is 9.36 Å². The highest BCUT2D eigenvalue weighted by molar-refractivity contribution is 5.94. The lowest BCUT2D eigenvalue weighted by molar-refractivity contribution is -0.130. The number of rotatable bonds is 6. The Bertz CT molecular complexity index is 1200. The standard InChI is InChI=1S/C23H24N6O2/c24-21(30)20-15-28(12-13-31-20)23-27-26-22(18-14-25-19-9-5-4-8-17(18)19)29(23)11-10-16-6-2-1-3-7-16/h1-9,14,20,25H,10-13,15H2,(H2,24,30). The Hall–Kier alpha value is -3.65. The molecule has 3 heterocycles. The maximum Gasteiger partial charge on any atom is 0.248 e. The van der Waals surface area contributed by atoms with Crippen LogP contribution in [0.3, 0.4) is 0 Å². The van der Waals surface area contributed by atoms with E-state index in [1.807, 2.05) is 47.5 Å². The van der Waals surface area contributed by atoms with Crippen molar-refractivity contribution in [2.45, 2.75) is 19.1 Å². The average Bonchev–Trinajstić information content (AvgIpc) is 3.42. The summed E-state index contributed by atoms with van der Waals surface area (Å²) in [5, 5.41) is 10.2. The van der Waals surface area contributed by atoms with Crippen molar-refractivity contribution in [3.05, 3.63) is 66.4 Å². The third kappa shape index (κ3) is 3.77. The van der Waals surface area contributed by atoms with Gasteiger partial charge in [-0.25, -0.2) is 0 Å². The first-order valence-corrected chi connectivity index (χ1v) is 10.4. The van der Waals surface area contributed by atoms with Gasteiger partial charge in [0.05, 0.1) is 13.2 Å². The van der Waals surface area contributed by atoms with Gasteiger partial charge in [0, 0.05) is 35.8 Å². The number of carbonyl (C=O) groups is 1. The van der Waals surface area contributed by atoms with E-state index < -0.39 is 12.0 Å². The molecule has 0 aliphatic carbocycles. The Labute approximate surface area is 179 Å². The van der Waals surface area contributed by atoms with Crippen LogP contribution in [0.5, 0.6) is 0 Å². The van der Waals surface area contributed by atoms with Crippen LogP contribution >= 0.6 is 0 Å². The number of anilines is 1. The van der Waals surface area contributed by atoms with E-state index in [9.17, 15) is 4.79 Å². The smallest absolute Gasteiger partial charge is 0.248 e. The minimum absolute atomic E-state index is 0.368. The molecule has 1 unspecified atom stereocenters. The van der Waals surface area contributed by atoms with Crippen molar-refractivity contribution < 1.29 is 9.53 Å². The summed E-state index contributed by atoms with van der Waals surface area (Å²) in [6.07, 6.45) is 2.16. The van der Waals surface area contributed by atoms with Gasteiger partial charge in [0.1, 0.15) is 0 Å². The highest BCUT2D eigenvalue weighted by Crippen LogP contribution is 2.30. The molecule has 0 radical (unpaired) electrons. The van der Waals surface area contributed by atoms with Gasteiger partial charge in [-0.2, -0.15) is 0 Å². The van der Waals surface area contributed by atoms with E-state index in [0.717, 1.165) is 34.7 Å². The molecule has 2 aromatic carbocycles. The number of hydrogen-bond donors (Lipinski definition) is 2. The van der Waals surface area contributed by atoms with Gasteiger partial charge < -0.3 is 20.4 Å². The van der Waals surface area contributed by atoms with Crippen molar-refractivity contribution in [3.63, 3.8) is 0 Å². The molecule has 4 aromatic rings. The van der Waals surface area contributed by atoms with Crippen LogP contribution in [-0.4, -0.2) is 51.5 Å². The van der Waals surface area contributed by atoms with Gasteiger partial charge in [-0.1, -0.05) is 48.5 Å². The number of nitrogens with one attached hydrogen (secondary N) is 1. The van der Waals surface area contributed by atoms with Crippen molar-refractivity contribution in [1.29, 1.82) is 0 Å². The first-order valence-electron chi connectivity index (χ1n) is 10.4. The summed E-state index contributed by atoms with van der Waals surface area (Å²) in [6.45, 7) is 2.12. The van der Waals surface area contributed by atoms with Crippen LogP contribution in [0.15, 0.2) is 60.8 Å². The minimum Gasteiger partial charge on any atom is -0.367 e. The number of nitrogens with two attached hydrogens (primary N) is 1. The summed E-state index contributed by atoms with van der Waals surface area (Å²) in [5.41, 5.74) is 8.78. The molecule has 3 N–H and O–H groups in total. The lowest BCUT2D eigenvalue weighted by atomic mass is 10.1. The van der Waals surface area contributed by atoms with E-state index in [1.54, 1.807) is 0 Å².